The largest absolute Gasteiger partial charge is 0.440 e. The highest BCUT2D eigenvalue weighted by Gasteiger charge is 2.14. The summed E-state index contributed by atoms with van der Waals surface area (Å²) in [6.45, 7) is 2.20. The van der Waals surface area contributed by atoms with Gasteiger partial charge in [-0.1, -0.05) is 18.2 Å². The van der Waals surface area contributed by atoms with Crippen molar-refractivity contribution in [3.63, 3.8) is 0 Å². The van der Waals surface area contributed by atoms with Gasteiger partial charge in [0.05, 0.1) is 11.9 Å². The summed E-state index contributed by atoms with van der Waals surface area (Å²) >= 11 is 0. The van der Waals surface area contributed by atoms with Crippen LogP contribution in [0.4, 0.5) is 11.6 Å². The first kappa shape index (κ1) is 11.1. The minimum atomic E-state index is 0.806. The summed E-state index contributed by atoms with van der Waals surface area (Å²) in [5, 5.41) is 0. The molecule has 0 atom stereocenters. The molecule has 92 valence electrons. The number of furan rings is 1. The van der Waals surface area contributed by atoms with Crippen LogP contribution in [-0.4, -0.2) is 19.3 Å². The molecule has 0 amide bonds. The molecule has 1 fully saturated rings. The van der Waals surface area contributed by atoms with E-state index in [0.29, 0.717) is 0 Å². The van der Waals surface area contributed by atoms with Crippen molar-refractivity contribution < 1.29 is 4.42 Å². The number of hydrogen-bond donors (Lipinski definition) is 0. The maximum absolute atomic E-state index is 5.77. The average Bonchev–Trinajstić information content (AvgIpc) is 3.08. The number of para-hydroxylation sites is 1. The van der Waals surface area contributed by atoms with Gasteiger partial charge in [0, 0.05) is 19.2 Å². The Morgan fingerprint density at radius 2 is 1.78 bits per heavy atom. The molecule has 0 saturated carbocycles. The maximum Gasteiger partial charge on any atom is 0.196 e. The monoisotopic (exact) mass is 240 g/mol. The van der Waals surface area contributed by atoms with Crippen LogP contribution < -0.4 is 4.90 Å². The van der Waals surface area contributed by atoms with Crippen LogP contribution in [0, 0.1) is 0 Å². The smallest absolute Gasteiger partial charge is 0.196 e. The third-order valence-corrected chi connectivity index (χ3v) is 3.13. The van der Waals surface area contributed by atoms with Crippen LogP contribution in [0.2, 0.25) is 0 Å². The second-order valence-corrected chi connectivity index (χ2v) is 4.46. The van der Waals surface area contributed by atoms with Crippen LogP contribution in [0.1, 0.15) is 18.6 Å². The van der Waals surface area contributed by atoms with Crippen molar-refractivity contribution in [2.24, 2.45) is 4.99 Å². The second kappa shape index (κ2) is 5.08. The lowest BCUT2D eigenvalue weighted by atomic mass is 10.3. The fraction of sp³-hybridized carbons (Fsp3) is 0.267. The van der Waals surface area contributed by atoms with Gasteiger partial charge >= 0.3 is 0 Å². The third kappa shape index (κ3) is 2.45. The highest BCUT2D eigenvalue weighted by atomic mass is 16.4. The molecule has 1 saturated heterocycles. The molecule has 3 heteroatoms. The Kier molecular flexibility index (Phi) is 3.13. The van der Waals surface area contributed by atoms with E-state index < -0.39 is 0 Å². The molecule has 0 radical (unpaired) electrons. The topological polar surface area (TPSA) is 28.7 Å². The van der Waals surface area contributed by atoms with E-state index in [0.717, 1.165) is 30.4 Å². The predicted molar refractivity (Wildman–Crippen MR) is 73.9 cm³/mol. The minimum absolute atomic E-state index is 0.806. The first-order valence-corrected chi connectivity index (χ1v) is 6.36. The zero-order valence-electron chi connectivity index (χ0n) is 10.2. The molecule has 3 nitrogen and oxygen atoms in total. The van der Waals surface area contributed by atoms with Crippen LogP contribution in [0.5, 0.6) is 0 Å². The summed E-state index contributed by atoms with van der Waals surface area (Å²) in [7, 11) is 0. The molecule has 2 aromatic rings. The zero-order valence-corrected chi connectivity index (χ0v) is 10.2. The van der Waals surface area contributed by atoms with E-state index in [1.54, 1.807) is 6.21 Å². The Labute approximate surface area is 107 Å². The van der Waals surface area contributed by atoms with Gasteiger partial charge in [-0.05, 0) is 31.0 Å². The molecule has 1 aliphatic rings. The molecule has 0 aliphatic carbocycles. The highest BCUT2D eigenvalue weighted by Crippen LogP contribution is 2.22. The fourth-order valence-electron chi connectivity index (χ4n) is 2.17. The zero-order chi connectivity index (χ0) is 12.2. The normalized spacial score (nSPS) is 15.7. The first-order valence-electron chi connectivity index (χ1n) is 6.36. The van der Waals surface area contributed by atoms with Gasteiger partial charge in [0.2, 0.25) is 0 Å². The van der Waals surface area contributed by atoms with E-state index in [1.807, 2.05) is 42.5 Å². The summed E-state index contributed by atoms with van der Waals surface area (Å²) < 4.78 is 5.77. The van der Waals surface area contributed by atoms with Crippen LogP contribution in [0.15, 0.2) is 51.9 Å². The van der Waals surface area contributed by atoms with Crippen LogP contribution in [0.3, 0.4) is 0 Å². The number of aliphatic imine (C=N–C) groups is 1. The molecule has 0 spiro atoms. The lowest BCUT2D eigenvalue weighted by Gasteiger charge is -2.12. The molecule has 2 heterocycles. The van der Waals surface area contributed by atoms with Gasteiger partial charge in [-0.3, -0.25) is 4.99 Å². The average molecular weight is 240 g/mol. The van der Waals surface area contributed by atoms with Gasteiger partial charge < -0.3 is 9.32 Å². The summed E-state index contributed by atoms with van der Waals surface area (Å²) in [5.74, 6) is 1.77. The van der Waals surface area contributed by atoms with Crippen molar-refractivity contribution >= 4 is 17.8 Å². The molecule has 1 aromatic heterocycles. The van der Waals surface area contributed by atoms with Crippen molar-refractivity contribution in [2.45, 2.75) is 12.8 Å². The molecular weight excluding hydrogens is 224 g/mol. The van der Waals surface area contributed by atoms with E-state index in [2.05, 4.69) is 9.89 Å². The number of hydrogen-bond acceptors (Lipinski definition) is 3. The lowest BCUT2D eigenvalue weighted by Crippen LogP contribution is -2.16. The van der Waals surface area contributed by atoms with Gasteiger partial charge in [-0.2, -0.15) is 0 Å². The Balaban J connectivity index is 1.72. The minimum Gasteiger partial charge on any atom is -0.440 e. The summed E-state index contributed by atoms with van der Waals surface area (Å²) in [6, 6.07) is 13.9. The lowest BCUT2D eigenvalue weighted by molar-refractivity contribution is 0.550. The van der Waals surface area contributed by atoms with Gasteiger partial charge in [0.1, 0.15) is 5.76 Å². The molecule has 18 heavy (non-hydrogen) atoms. The summed E-state index contributed by atoms with van der Waals surface area (Å²) in [6.07, 6.45) is 4.29. The Hall–Kier alpha value is -2.03. The van der Waals surface area contributed by atoms with Crippen LogP contribution in [0.25, 0.3) is 0 Å². The maximum atomic E-state index is 5.77. The number of anilines is 1. The van der Waals surface area contributed by atoms with Crippen molar-refractivity contribution in [3.8, 4) is 0 Å². The fourth-order valence-corrected chi connectivity index (χ4v) is 2.17. The molecule has 0 bridgehead atoms. The quantitative estimate of drug-likeness (QED) is 0.766. The third-order valence-electron chi connectivity index (χ3n) is 3.13. The van der Waals surface area contributed by atoms with Crippen LogP contribution >= 0.6 is 0 Å². The summed E-state index contributed by atoms with van der Waals surface area (Å²) in [4.78, 5) is 6.66. The Morgan fingerprint density at radius 1 is 1.00 bits per heavy atom. The predicted octanol–water partition coefficient (Wildman–Crippen LogP) is 3.63. The first-order chi connectivity index (χ1) is 8.92. The van der Waals surface area contributed by atoms with Gasteiger partial charge in [0.25, 0.3) is 0 Å². The van der Waals surface area contributed by atoms with Crippen molar-refractivity contribution in [2.75, 3.05) is 18.0 Å². The molecular formula is C15H16N2O. The van der Waals surface area contributed by atoms with Crippen molar-refractivity contribution in [1.29, 1.82) is 0 Å². The molecule has 1 aliphatic heterocycles. The van der Waals surface area contributed by atoms with Crippen molar-refractivity contribution in [1.82, 2.24) is 0 Å². The Morgan fingerprint density at radius 3 is 2.56 bits per heavy atom. The van der Waals surface area contributed by atoms with Crippen LogP contribution in [-0.2, 0) is 0 Å². The van der Waals surface area contributed by atoms with Gasteiger partial charge in [0.15, 0.2) is 5.88 Å². The molecule has 3 rings (SSSR count). The Bertz CT molecular complexity index is 524. The summed E-state index contributed by atoms with van der Waals surface area (Å²) in [5.41, 5.74) is 0.941. The number of benzene rings is 1. The molecule has 1 aromatic carbocycles. The van der Waals surface area contributed by atoms with E-state index in [-0.39, 0.29) is 0 Å². The van der Waals surface area contributed by atoms with Gasteiger partial charge in [-0.15, -0.1) is 0 Å². The standard InChI is InChI=1S/C15H16N2O/c1-2-6-13(7-3-1)16-12-14-8-9-15(18-14)17-10-4-5-11-17/h1-3,6-9,12H,4-5,10-11H2. The highest BCUT2D eigenvalue weighted by molar-refractivity contribution is 5.79. The SMILES string of the molecule is C(=Nc1ccccc1)c1ccc(N2CCCC2)o1. The van der Waals surface area contributed by atoms with E-state index in [9.17, 15) is 0 Å². The van der Waals surface area contributed by atoms with Gasteiger partial charge in [-0.25, -0.2) is 0 Å². The number of nitrogens with zero attached hydrogens (tertiary/aromatic N) is 2. The van der Waals surface area contributed by atoms with E-state index in [1.165, 1.54) is 12.8 Å². The van der Waals surface area contributed by atoms with Crippen molar-refractivity contribution in [3.05, 3.63) is 48.2 Å². The second-order valence-electron chi connectivity index (χ2n) is 4.46. The molecule has 0 N–H and O–H groups in total. The number of rotatable bonds is 3. The molecule has 0 unspecified atom stereocenters. The van der Waals surface area contributed by atoms with E-state index in [4.69, 9.17) is 4.42 Å². The van der Waals surface area contributed by atoms with E-state index >= 15 is 0 Å².